The van der Waals surface area contributed by atoms with Gasteiger partial charge in [-0.1, -0.05) is 0 Å². The van der Waals surface area contributed by atoms with Gasteiger partial charge in [0.05, 0.1) is 6.21 Å². The number of nitrogens with one attached hydrogen (secondary N) is 1. The van der Waals surface area contributed by atoms with Crippen molar-refractivity contribution in [1.82, 2.24) is 9.95 Å². The van der Waals surface area contributed by atoms with Crippen molar-refractivity contribution in [2.24, 2.45) is 5.10 Å². The van der Waals surface area contributed by atoms with Crippen LogP contribution in [-0.4, -0.2) is 10.6 Å². The lowest BCUT2D eigenvalue weighted by Crippen LogP contribution is -2.21. The summed E-state index contributed by atoms with van der Waals surface area (Å²) in [5, 5.41) is 3.65. The van der Waals surface area contributed by atoms with Gasteiger partial charge in [0, 0.05) is 6.20 Å². The molecule has 3 nitrogen and oxygen atoms in total. The monoisotopic (exact) mass is 115 g/mol. The summed E-state index contributed by atoms with van der Waals surface area (Å²) in [6.45, 7) is 0. The van der Waals surface area contributed by atoms with E-state index in [1.165, 1.54) is 4.41 Å². The van der Waals surface area contributed by atoms with Crippen molar-refractivity contribution in [3.8, 4) is 0 Å². The van der Waals surface area contributed by atoms with Gasteiger partial charge in [-0.05, 0) is 18.9 Å². The Bertz CT molecular complexity index is 109. The SMILES string of the molecule is SN1C=CC=NN1. The van der Waals surface area contributed by atoms with Crippen molar-refractivity contribution in [2.75, 3.05) is 0 Å². The highest BCUT2D eigenvalue weighted by atomic mass is 32.1. The molecule has 0 aromatic heterocycles. The number of hydrogen-bond acceptors (Lipinski definition) is 4. The maximum atomic E-state index is 3.88. The van der Waals surface area contributed by atoms with Gasteiger partial charge in [-0.15, -0.1) is 0 Å². The standard InChI is InChI=1S/C3H5N3S/c7-6-3-1-2-4-5-6/h1-3,5,7H. The molecule has 0 saturated heterocycles. The Labute approximate surface area is 47.2 Å². The summed E-state index contributed by atoms with van der Waals surface area (Å²) < 4.78 is 1.46. The number of hydrazine groups is 1. The number of allylic oxidation sites excluding steroid dienone is 1. The topological polar surface area (TPSA) is 27.6 Å². The van der Waals surface area contributed by atoms with E-state index in [1.807, 2.05) is 0 Å². The highest BCUT2D eigenvalue weighted by molar-refractivity contribution is 7.77. The largest absolute Gasteiger partial charge is 0.224 e. The molecule has 4 heteroatoms. The summed E-state index contributed by atoms with van der Waals surface area (Å²) in [5.74, 6) is 0. The van der Waals surface area contributed by atoms with Gasteiger partial charge in [0.15, 0.2) is 0 Å². The molecule has 0 bridgehead atoms. The van der Waals surface area contributed by atoms with E-state index in [9.17, 15) is 0 Å². The second-order valence-corrected chi connectivity index (χ2v) is 1.50. The van der Waals surface area contributed by atoms with Crippen LogP contribution in [0.15, 0.2) is 17.4 Å². The molecule has 7 heavy (non-hydrogen) atoms. The number of thiol groups is 1. The molecule has 0 aliphatic carbocycles. The number of hydrogen-bond donors (Lipinski definition) is 2. The zero-order valence-corrected chi connectivity index (χ0v) is 4.47. The maximum absolute atomic E-state index is 3.88. The third kappa shape index (κ3) is 1.12. The molecule has 1 N–H and O–H groups in total. The van der Waals surface area contributed by atoms with Gasteiger partial charge in [-0.3, -0.25) is 0 Å². The third-order valence-electron chi connectivity index (χ3n) is 0.548. The molecule has 0 amide bonds. The smallest absolute Gasteiger partial charge is 0.0504 e. The van der Waals surface area contributed by atoms with E-state index in [2.05, 4.69) is 23.5 Å². The summed E-state index contributed by atoms with van der Waals surface area (Å²) in [4.78, 5) is 0. The molecule has 0 unspecified atom stereocenters. The predicted molar refractivity (Wildman–Crippen MR) is 31.6 cm³/mol. The van der Waals surface area contributed by atoms with Crippen molar-refractivity contribution in [1.29, 1.82) is 0 Å². The van der Waals surface area contributed by atoms with Crippen LogP contribution in [0.2, 0.25) is 0 Å². The maximum Gasteiger partial charge on any atom is 0.0504 e. The quantitative estimate of drug-likeness (QED) is 0.440. The third-order valence-corrected chi connectivity index (χ3v) is 0.771. The van der Waals surface area contributed by atoms with Gasteiger partial charge in [0.2, 0.25) is 0 Å². The Hall–Kier alpha value is -0.640. The summed E-state index contributed by atoms with van der Waals surface area (Å²) >= 11 is 3.88. The molecule has 0 spiro atoms. The lowest BCUT2D eigenvalue weighted by Gasteiger charge is -2.11. The normalized spacial score (nSPS) is 17.0. The van der Waals surface area contributed by atoms with Gasteiger partial charge < -0.3 is 0 Å². The van der Waals surface area contributed by atoms with Crippen LogP contribution in [-0.2, 0) is 0 Å². The molecule has 0 saturated carbocycles. The van der Waals surface area contributed by atoms with Crippen molar-refractivity contribution in [3.05, 3.63) is 12.3 Å². The average molecular weight is 115 g/mol. The number of rotatable bonds is 0. The fraction of sp³-hybridized carbons (Fsp3) is 0. The molecule has 1 aliphatic heterocycles. The molecule has 0 aromatic carbocycles. The minimum Gasteiger partial charge on any atom is -0.224 e. The van der Waals surface area contributed by atoms with Gasteiger partial charge in [0.1, 0.15) is 0 Å². The fourth-order valence-corrected chi connectivity index (χ4v) is 0.417. The molecule has 1 rings (SSSR count). The summed E-state index contributed by atoms with van der Waals surface area (Å²) in [7, 11) is 0. The Morgan fingerprint density at radius 3 is 2.86 bits per heavy atom. The van der Waals surface area contributed by atoms with E-state index >= 15 is 0 Å². The van der Waals surface area contributed by atoms with Gasteiger partial charge in [-0.2, -0.15) is 5.10 Å². The van der Waals surface area contributed by atoms with E-state index in [0.717, 1.165) is 0 Å². The second-order valence-electron chi connectivity index (χ2n) is 1.06. The Kier molecular flexibility index (Phi) is 1.21. The van der Waals surface area contributed by atoms with Crippen LogP contribution in [0.5, 0.6) is 0 Å². The molecule has 1 heterocycles. The van der Waals surface area contributed by atoms with Gasteiger partial charge in [-0.25, -0.2) is 9.95 Å². The van der Waals surface area contributed by atoms with Crippen LogP contribution in [0.1, 0.15) is 0 Å². The minimum atomic E-state index is 1.46. The lowest BCUT2D eigenvalue weighted by atomic mass is 10.7. The van der Waals surface area contributed by atoms with E-state index in [-0.39, 0.29) is 0 Å². The van der Waals surface area contributed by atoms with Crippen molar-refractivity contribution in [2.45, 2.75) is 0 Å². The van der Waals surface area contributed by atoms with E-state index in [1.54, 1.807) is 18.5 Å². The van der Waals surface area contributed by atoms with Crippen molar-refractivity contribution >= 4 is 19.0 Å². The van der Waals surface area contributed by atoms with Crippen LogP contribution in [0, 0.1) is 0 Å². The molecule has 0 aromatic rings. The van der Waals surface area contributed by atoms with Crippen LogP contribution in [0.3, 0.4) is 0 Å². The highest BCUT2D eigenvalue weighted by Gasteiger charge is 1.85. The van der Waals surface area contributed by atoms with Crippen LogP contribution >= 0.6 is 12.8 Å². The first kappa shape index (κ1) is 4.52. The summed E-state index contributed by atoms with van der Waals surface area (Å²) in [6.07, 6.45) is 5.17. The van der Waals surface area contributed by atoms with Gasteiger partial charge in [0.25, 0.3) is 0 Å². The summed E-state index contributed by atoms with van der Waals surface area (Å²) in [5.41, 5.74) is 2.56. The van der Waals surface area contributed by atoms with Crippen LogP contribution in [0.4, 0.5) is 0 Å². The molecular weight excluding hydrogens is 110 g/mol. The Balaban J connectivity index is 2.49. The van der Waals surface area contributed by atoms with Gasteiger partial charge >= 0.3 is 0 Å². The average Bonchev–Trinajstić information content (AvgIpc) is 1.69. The minimum absolute atomic E-state index is 1.46. The Morgan fingerprint density at radius 2 is 2.57 bits per heavy atom. The summed E-state index contributed by atoms with van der Waals surface area (Å²) in [6, 6.07) is 0. The Morgan fingerprint density at radius 1 is 1.71 bits per heavy atom. The predicted octanol–water partition coefficient (Wildman–Crippen LogP) is 0.151. The first-order valence-electron chi connectivity index (χ1n) is 1.83. The van der Waals surface area contributed by atoms with Crippen LogP contribution < -0.4 is 5.53 Å². The molecule has 0 radical (unpaired) electrons. The molecular formula is C3H5N3S. The number of hydrazone groups is 1. The zero-order valence-electron chi connectivity index (χ0n) is 3.57. The zero-order chi connectivity index (χ0) is 5.11. The molecule has 0 atom stereocenters. The van der Waals surface area contributed by atoms with E-state index < -0.39 is 0 Å². The van der Waals surface area contributed by atoms with E-state index in [4.69, 9.17) is 0 Å². The lowest BCUT2D eigenvalue weighted by molar-refractivity contribution is 0.473. The van der Waals surface area contributed by atoms with E-state index in [0.29, 0.717) is 0 Å². The number of nitrogens with zero attached hydrogens (tertiary/aromatic N) is 2. The van der Waals surface area contributed by atoms with Crippen molar-refractivity contribution < 1.29 is 0 Å². The highest BCUT2D eigenvalue weighted by Crippen LogP contribution is 1.89. The fourth-order valence-electron chi connectivity index (χ4n) is 0.289. The molecule has 38 valence electrons. The second kappa shape index (κ2) is 1.88. The van der Waals surface area contributed by atoms with Crippen molar-refractivity contribution in [3.63, 3.8) is 0 Å². The molecule has 0 fully saturated rings. The first-order chi connectivity index (χ1) is 3.39. The van der Waals surface area contributed by atoms with Crippen LogP contribution in [0.25, 0.3) is 0 Å². The first-order valence-corrected chi connectivity index (χ1v) is 2.23. The molecule has 1 aliphatic rings.